The second kappa shape index (κ2) is 5.22. The molecule has 5 nitrogen and oxygen atoms in total. The molecule has 0 spiro atoms. The molecular weight excluding hydrogens is 240 g/mol. The maximum absolute atomic E-state index is 6.14. The molecule has 2 aromatic rings. The number of hydrogen-bond donors (Lipinski definition) is 2. The lowest BCUT2D eigenvalue weighted by atomic mass is 10.1. The first kappa shape index (κ1) is 13.3. The Balaban J connectivity index is 2.27. The first-order valence-electron chi connectivity index (χ1n) is 6.26. The van der Waals surface area contributed by atoms with E-state index in [1.54, 1.807) is 11.8 Å². The molecule has 0 atom stereocenters. The van der Waals surface area contributed by atoms with E-state index in [9.17, 15) is 0 Å². The summed E-state index contributed by atoms with van der Waals surface area (Å²) in [5, 5.41) is 7.73. The summed E-state index contributed by atoms with van der Waals surface area (Å²) in [4.78, 5) is 0. The zero-order valence-corrected chi connectivity index (χ0v) is 11.8. The van der Waals surface area contributed by atoms with Gasteiger partial charge in [-0.1, -0.05) is 13.8 Å². The molecule has 1 aromatic heterocycles. The number of hydrogen-bond acceptors (Lipinski definition) is 4. The van der Waals surface area contributed by atoms with Crippen molar-refractivity contribution in [2.45, 2.75) is 19.8 Å². The van der Waals surface area contributed by atoms with E-state index in [1.165, 1.54) is 0 Å². The lowest BCUT2D eigenvalue weighted by Gasteiger charge is -2.08. The van der Waals surface area contributed by atoms with E-state index < -0.39 is 0 Å². The molecule has 0 bridgehead atoms. The number of ether oxygens (including phenoxy) is 1. The van der Waals surface area contributed by atoms with Gasteiger partial charge in [-0.3, -0.25) is 4.68 Å². The minimum Gasteiger partial charge on any atom is -0.497 e. The highest BCUT2D eigenvalue weighted by Gasteiger charge is 2.15. The van der Waals surface area contributed by atoms with Crippen molar-refractivity contribution in [3.63, 3.8) is 0 Å². The number of methoxy groups -OCH3 is 1. The van der Waals surface area contributed by atoms with Gasteiger partial charge < -0.3 is 15.8 Å². The van der Waals surface area contributed by atoms with E-state index >= 15 is 0 Å². The molecule has 0 saturated heterocycles. The van der Waals surface area contributed by atoms with Crippen molar-refractivity contribution in [1.29, 1.82) is 0 Å². The van der Waals surface area contributed by atoms with Crippen molar-refractivity contribution >= 4 is 17.2 Å². The third-order valence-corrected chi connectivity index (χ3v) is 3.01. The molecule has 0 aliphatic heterocycles. The second-order valence-electron chi connectivity index (χ2n) is 4.78. The molecule has 0 aliphatic rings. The Hall–Kier alpha value is -2.17. The Kier molecular flexibility index (Phi) is 3.64. The Bertz CT molecular complexity index is 558. The van der Waals surface area contributed by atoms with Crippen LogP contribution in [0.15, 0.2) is 24.3 Å². The highest BCUT2D eigenvalue weighted by Crippen LogP contribution is 2.30. The molecule has 1 aromatic carbocycles. The Morgan fingerprint density at radius 2 is 1.89 bits per heavy atom. The standard InChI is InChI=1S/C14H20N4O/c1-9(2)13-12(15)14(18(3)17-13)16-10-5-7-11(19-4)8-6-10/h5-9,16H,15H2,1-4H3. The van der Waals surface area contributed by atoms with Gasteiger partial charge in [0.15, 0.2) is 5.82 Å². The third kappa shape index (κ3) is 2.65. The zero-order chi connectivity index (χ0) is 14.0. The Labute approximate surface area is 113 Å². The second-order valence-corrected chi connectivity index (χ2v) is 4.78. The molecule has 0 fully saturated rings. The molecule has 5 heteroatoms. The van der Waals surface area contributed by atoms with Gasteiger partial charge in [-0.15, -0.1) is 0 Å². The quantitative estimate of drug-likeness (QED) is 0.887. The summed E-state index contributed by atoms with van der Waals surface area (Å²) in [5.74, 6) is 1.94. The SMILES string of the molecule is COc1ccc(Nc2c(N)c(C(C)C)nn2C)cc1. The predicted octanol–water partition coefficient (Wildman–Crippen LogP) is 2.88. The lowest BCUT2D eigenvalue weighted by molar-refractivity contribution is 0.415. The van der Waals surface area contributed by atoms with Crippen molar-refractivity contribution in [3.8, 4) is 5.75 Å². The molecule has 0 unspecified atom stereocenters. The van der Waals surface area contributed by atoms with E-state index in [2.05, 4.69) is 24.3 Å². The van der Waals surface area contributed by atoms with Crippen LogP contribution in [-0.4, -0.2) is 16.9 Å². The molecule has 3 N–H and O–H groups in total. The summed E-state index contributed by atoms with van der Waals surface area (Å²) in [6.45, 7) is 4.16. The van der Waals surface area contributed by atoms with Crippen LogP contribution in [0.25, 0.3) is 0 Å². The van der Waals surface area contributed by atoms with E-state index in [0.717, 1.165) is 22.9 Å². The summed E-state index contributed by atoms with van der Waals surface area (Å²) in [6.07, 6.45) is 0. The number of nitrogens with zero attached hydrogens (tertiary/aromatic N) is 2. The first-order valence-corrected chi connectivity index (χ1v) is 6.26. The van der Waals surface area contributed by atoms with Crippen LogP contribution in [0.5, 0.6) is 5.75 Å². The number of nitrogen functional groups attached to an aromatic ring is 1. The van der Waals surface area contributed by atoms with Crippen molar-refractivity contribution < 1.29 is 4.74 Å². The number of nitrogens with two attached hydrogens (primary N) is 1. The molecule has 1 heterocycles. The number of nitrogens with one attached hydrogen (secondary N) is 1. The normalized spacial score (nSPS) is 10.8. The van der Waals surface area contributed by atoms with Gasteiger partial charge in [-0.2, -0.15) is 5.10 Å². The monoisotopic (exact) mass is 260 g/mol. The third-order valence-electron chi connectivity index (χ3n) is 3.01. The summed E-state index contributed by atoms with van der Waals surface area (Å²) in [6, 6.07) is 7.69. The maximum Gasteiger partial charge on any atom is 0.152 e. The summed E-state index contributed by atoms with van der Waals surface area (Å²) in [7, 11) is 3.53. The van der Waals surface area contributed by atoms with Gasteiger partial charge in [0.1, 0.15) is 5.75 Å². The van der Waals surface area contributed by atoms with E-state index in [-0.39, 0.29) is 0 Å². The highest BCUT2D eigenvalue weighted by molar-refractivity contribution is 5.71. The van der Waals surface area contributed by atoms with Crippen molar-refractivity contribution in [1.82, 2.24) is 9.78 Å². The van der Waals surface area contributed by atoms with Crippen molar-refractivity contribution in [2.75, 3.05) is 18.2 Å². The van der Waals surface area contributed by atoms with Crippen LogP contribution < -0.4 is 15.8 Å². The number of anilines is 3. The van der Waals surface area contributed by atoms with Crippen molar-refractivity contribution in [3.05, 3.63) is 30.0 Å². The van der Waals surface area contributed by atoms with Crippen LogP contribution in [0.1, 0.15) is 25.5 Å². The highest BCUT2D eigenvalue weighted by atomic mass is 16.5. The Morgan fingerprint density at radius 1 is 1.26 bits per heavy atom. The lowest BCUT2D eigenvalue weighted by Crippen LogP contribution is -2.01. The van der Waals surface area contributed by atoms with E-state index in [4.69, 9.17) is 10.5 Å². The van der Waals surface area contributed by atoms with Gasteiger partial charge in [0.2, 0.25) is 0 Å². The van der Waals surface area contributed by atoms with Gasteiger partial charge in [0, 0.05) is 12.7 Å². The van der Waals surface area contributed by atoms with Gasteiger partial charge in [-0.25, -0.2) is 0 Å². The van der Waals surface area contributed by atoms with Crippen molar-refractivity contribution in [2.24, 2.45) is 7.05 Å². The molecule has 102 valence electrons. The minimum absolute atomic E-state index is 0.303. The summed E-state index contributed by atoms with van der Waals surface area (Å²) < 4.78 is 6.91. The van der Waals surface area contributed by atoms with Crippen LogP contribution >= 0.6 is 0 Å². The van der Waals surface area contributed by atoms with Gasteiger partial charge in [0.05, 0.1) is 18.5 Å². The molecule has 2 rings (SSSR count). The fraction of sp³-hybridized carbons (Fsp3) is 0.357. The van der Waals surface area contributed by atoms with Crippen LogP contribution in [-0.2, 0) is 7.05 Å². The zero-order valence-electron chi connectivity index (χ0n) is 11.8. The number of aromatic nitrogens is 2. The van der Waals surface area contributed by atoms with E-state index in [1.807, 2.05) is 31.3 Å². The molecule has 0 radical (unpaired) electrons. The number of rotatable bonds is 4. The fourth-order valence-corrected chi connectivity index (χ4v) is 1.95. The van der Waals surface area contributed by atoms with Crippen LogP contribution in [0.2, 0.25) is 0 Å². The van der Waals surface area contributed by atoms with Gasteiger partial charge >= 0.3 is 0 Å². The van der Waals surface area contributed by atoms with E-state index in [0.29, 0.717) is 11.6 Å². The minimum atomic E-state index is 0.303. The molecule has 19 heavy (non-hydrogen) atoms. The summed E-state index contributed by atoms with van der Waals surface area (Å²) >= 11 is 0. The first-order chi connectivity index (χ1) is 9.02. The molecular formula is C14H20N4O. The molecule has 0 amide bonds. The average molecular weight is 260 g/mol. The number of benzene rings is 1. The Morgan fingerprint density at radius 3 is 2.37 bits per heavy atom. The smallest absolute Gasteiger partial charge is 0.152 e. The van der Waals surface area contributed by atoms with Gasteiger partial charge in [0.25, 0.3) is 0 Å². The molecule has 0 saturated carbocycles. The maximum atomic E-state index is 6.14. The molecule has 0 aliphatic carbocycles. The summed E-state index contributed by atoms with van der Waals surface area (Å²) in [5.41, 5.74) is 8.71. The van der Waals surface area contributed by atoms with Crippen LogP contribution in [0.3, 0.4) is 0 Å². The average Bonchev–Trinajstić information content (AvgIpc) is 2.68. The number of aryl methyl sites for hydroxylation is 1. The fourth-order valence-electron chi connectivity index (χ4n) is 1.95. The topological polar surface area (TPSA) is 65.1 Å². The van der Waals surface area contributed by atoms with Crippen LogP contribution in [0.4, 0.5) is 17.2 Å². The van der Waals surface area contributed by atoms with Gasteiger partial charge in [-0.05, 0) is 30.2 Å². The largest absolute Gasteiger partial charge is 0.497 e. The van der Waals surface area contributed by atoms with Crippen LogP contribution in [0, 0.1) is 0 Å². The predicted molar refractivity (Wildman–Crippen MR) is 78.0 cm³/mol.